The summed E-state index contributed by atoms with van der Waals surface area (Å²) in [6.07, 6.45) is 3.97. The number of ether oxygens (including phenoxy) is 3. The van der Waals surface area contributed by atoms with Gasteiger partial charge in [0.2, 0.25) is 0 Å². The van der Waals surface area contributed by atoms with Crippen molar-refractivity contribution in [2.24, 2.45) is 11.7 Å². The summed E-state index contributed by atoms with van der Waals surface area (Å²) in [4.78, 5) is 25.5. The molecule has 3 unspecified atom stereocenters. The number of esters is 1. The highest BCUT2D eigenvalue weighted by Crippen LogP contribution is 2.25. The number of nitrogens with zero attached hydrogens (tertiary/aromatic N) is 1. The third-order valence-electron chi connectivity index (χ3n) is 5.94. The molecule has 2 saturated heterocycles. The molecule has 1 aromatic rings. The van der Waals surface area contributed by atoms with Gasteiger partial charge in [-0.3, -0.25) is 9.69 Å². The number of piperidine rings is 1. The van der Waals surface area contributed by atoms with Gasteiger partial charge in [0.1, 0.15) is 17.8 Å². The zero-order chi connectivity index (χ0) is 21.5. The Balaban J connectivity index is 1.47. The van der Waals surface area contributed by atoms with E-state index in [1.165, 1.54) is 20.0 Å². The second-order valence-electron chi connectivity index (χ2n) is 8.12. The third-order valence-corrected chi connectivity index (χ3v) is 5.94. The van der Waals surface area contributed by atoms with Gasteiger partial charge >= 0.3 is 12.1 Å². The molecule has 1 aromatic carbocycles. The lowest BCUT2D eigenvalue weighted by atomic mass is 9.93. The molecule has 3 atom stereocenters. The second-order valence-corrected chi connectivity index (χ2v) is 8.12. The number of methoxy groups -OCH3 is 1. The standard InChI is InChI=1S/C22H33N3O5/c1-15-21(29-18-7-5-17(6-8-18)14-19(23)20(26)28-2)30-22(27)25(15)13-3-4-16-9-11-24-12-10-16/h5-8,15-16,19,21,24H,3-4,9-14,23H2,1-2H3. The van der Waals surface area contributed by atoms with E-state index in [0.717, 1.165) is 37.4 Å². The minimum Gasteiger partial charge on any atom is -0.468 e. The minimum atomic E-state index is -0.698. The maximum Gasteiger partial charge on any atom is 0.413 e. The van der Waals surface area contributed by atoms with Crippen molar-refractivity contribution in [2.75, 3.05) is 26.7 Å². The van der Waals surface area contributed by atoms with Gasteiger partial charge in [-0.25, -0.2) is 4.79 Å². The van der Waals surface area contributed by atoms with Gasteiger partial charge in [-0.15, -0.1) is 0 Å². The summed E-state index contributed by atoms with van der Waals surface area (Å²) >= 11 is 0. The molecule has 0 saturated carbocycles. The lowest BCUT2D eigenvalue weighted by Crippen LogP contribution is -2.37. The van der Waals surface area contributed by atoms with Crippen LogP contribution in [0.5, 0.6) is 5.75 Å². The van der Waals surface area contributed by atoms with Crippen LogP contribution in [0.15, 0.2) is 24.3 Å². The van der Waals surface area contributed by atoms with E-state index in [0.29, 0.717) is 18.7 Å². The fourth-order valence-electron chi connectivity index (χ4n) is 4.04. The highest BCUT2D eigenvalue weighted by Gasteiger charge is 2.40. The van der Waals surface area contributed by atoms with Crippen LogP contribution in [0.4, 0.5) is 4.79 Å². The van der Waals surface area contributed by atoms with Crippen molar-refractivity contribution in [3.05, 3.63) is 29.8 Å². The molecule has 30 heavy (non-hydrogen) atoms. The number of nitrogens with one attached hydrogen (secondary N) is 1. The second kappa shape index (κ2) is 10.6. The molecule has 0 bridgehead atoms. The molecular weight excluding hydrogens is 386 g/mol. The van der Waals surface area contributed by atoms with Gasteiger partial charge in [0.15, 0.2) is 0 Å². The summed E-state index contributed by atoms with van der Waals surface area (Å²) < 4.78 is 16.0. The average Bonchev–Trinajstić information content (AvgIpc) is 3.02. The quantitative estimate of drug-likeness (QED) is 0.591. The molecule has 0 spiro atoms. The molecule has 2 heterocycles. The summed E-state index contributed by atoms with van der Waals surface area (Å²) in [5, 5.41) is 3.38. The highest BCUT2D eigenvalue weighted by molar-refractivity contribution is 5.75. The van der Waals surface area contributed by atoms with E-state index < -0.39 is 18.3 Å². The van der Waals surface area contributed by atoms with Crippen LogP contribution < -0.4 is 15.8 Å². The van der Waals surface area contributed by atoms with E-state index in [1.54, 1.807) is 17.0 Å². The maximum atomic E-state index is 12.3. The van der Waals surface area contributed by atoms with E-state index in [9.17, 15) is 9.59 Å². The van der Waals surface area contributed by atoms with Gasteiger partial charge in [0, 0.05) is 6.54 Å². The Morgan fingerprint density at radius 2 is 2.00 bits per heavy atom. The zero-order valence-electron chi connectivity index (χ0n) is 17.8. The Hall–Kier alpha value is -2.32. The Kier molecular flexibility index (Phi) is 7.93. The van der Waals surface area contributed by atoms with Crippen molar-refractivity contribution in [2.45, 2.75) is 57.4 Å². The van der Waals surface area contributed by atoms with Crippen LogP contribution in [-0.2, 0) is 20.7 Å². The van der Waals surface area contributed by atoms with Crippen molar-refractivity contribution in [3.63, 3.8) is 0 Å². The van der Waals surface area contributed by atoms with E-state index >= 15 is 0 Å². The van der Waals surface area contributed by atoms with Crippen LogP contribution >= 0.6 is 0 Å². The first-order chi connectivity index (χ1) is 14.5. The first-order valence-corrected chi connectivity index (χ1v) is 10.7. The molecule has 0 aromatic heterocycles. The topological polar surface area (TPSA) is 103 Å². The predicted octanol–water partition coefficient (Wildman–Crippen LogP) is 2.05. The Labute approximate surface area is 178 Å². The van der Waals surface area contributed by atoms with Gasteiger partial charge in [0.05, 0.1) is 7.11 Å². The van der Waals surface area contributed by atoms with E-state index in [4.69, 9.17) is 15.2 Å². The highest BCUT2D eigenvalue weighted by atomic mass is 16.7. The van der Waals surface area contributed by atoms with E-state index in [-0.39, 0.29) is 12.1 Å². The number of cyclic esters (lactones) is 1. The van der Waals surface area contributed by atoms with E-state index in [2.05, 4.69) is 10.1 Å². The number of rotatable bonds is 9. The van der Waals surface area contributed by atoms with Crippen molar-refractivity contribution in [1.82, 2.24) is 10.2 Å². The maximum absolute atomic E-state index is 12.3. The van der Waals surface area contributed by atoms with Gasteiger partial charge in [0.25, 0.3) is 6.29 Å². The molecule has 2 aliphatic rings. The number of carbonyl (C=O) groups is 2. The normalized spacial score (nSPS) is 23.2. The van der Waals surface area contributed by atoms with Crippen LogP contribution in [0.3, 0.4) is 0 Å². The van der Waals surface area contributed by atoms with Crippen molar-refractivity contribution >= 4 is 12.1 Å². The Morgan fingerprint density at radius 1 is 1.30 bits per heavy atom. The van der Waals surface area contributed by atoms with Gasteiger partial charge in [-0.2, -0.15) is 0 Å². The summed E-state index contributed by atoms with van der Waals surface area (Å²) in [5.41, 5.74) is 6.69. The number of nitrogens with two attached hydrogens (primary N) is 1. The summed E-state index contributed by atoms with van der Waals surface area (Å²) in [7, 11) is 1.32. The Bertz CT molecular complexity index is 705. The molecule has 8 heteroatoms. The van der Waals surface area contributed by atoms with Crippen molar-refractivity contribution in [3.8, 4) is 5.75 Å². The first kappa shape index (κ1) is 22.4. The van der Waals surface area contributed by atoms with Crippen molar-refractivity contribution in [1.29, 1.82) is 0 Å². The Morgan fingerprint density at radius 3 is 2.67 bits per heavy atom. The molecule has 2 aliphatic heterocycles. The first-order valence-electron chi connectivity index (χ1n) is 10.7. The van der Waals surface area contributed by atoms with Crippen LogP contribution in [0.1, 0.15) is 38.2 Å². The van der Waals surface area contributed by atoms with Crippen LogP contribution in [0.2, 0.25) is 0 Å². The molecule has 0 aliphatic carbocycles. The van der Waals surface area contributed by atoms with Crippen LogP contribution in [-0.4, -0.2) is 62.1 Å². The summed E-state index contributed by atoms with van der Waals surface area (Å²) in [6.45, 7) is 4.82. The largest absolute Gasteiger partial charge is 0.468 e. The van der Waals surface area contributed by atoms with Crippen LogP contribution in [0, 0.1) is 5.92 Å². The molecule has 166 valence electrons. The van der Waals surface area contributed by atoms with Gasteiger partial charge in [-0.1, -0.05) is 12.1 Å². The zero-order valence-corrected chi connectivity index (χ0v) is 17.8. The van der Waals surface area contributed by atoms with Gasteiger partial charge in [-0.05, 0) is 75.7 Å². The number of carbonyl (C=O) groups excluding carboxylic acids is 2. The molecule has 0 radical (unpaired) electrons. The smallest absolute Gasteiger partial charge is 0.413 e. The molecule has 1 amide bonds. The summed E-state index contributed by atoms with van der Waals surface area (Å²) in [6, 6.07) is 6.42. The fraction of sp³-hybridized carbons (Fsp3) is 0.636. The predicted molar refractivity (Wildman–Crippen MR) is 112 cm³/mol. The minimum absolute atomic E-state index is 0.155. The fourth-order valence-corrected chi connectivity index (χ4v) is 4.04. The lowest BCUT2D eigenvalue weighted by molar-refractivity contribution is -0.142. The molecule has 2 fully saturated rings. The number of hydrogen-bond acceptors (Lipinski definition) is 7. The van der Waals surface area contributed by atoms with E-state index in [1.807, 2.05) is 19.1 Å². The average molecular weight is 420 g/mol. The third kappa shape index (κ3) is 5.86. The summed E-state index contributed by atoms with van der Waals surface area (Å²) in [5.74, 6) is 0.909. The van der Waals surface area contributed by atoms with Crippen LogP contribution in [0.25, 0.3) is 0 Å². The SMILES string of the molecule is COC(=O)C(N)Cc1ccc(OC2OC(=O)N(CCCC3CCNCC3)C2C)cc1. The number of hydrogen-bond donors (Lipinski definition) is 2. The molecule has 8 nitrogen and oxygen atoms in total. The molecular formula is C22H33N3O5. The monoisotopic (exact) mass is 419 g/mol. The van der Waals surface area contributed by atoms with Gasteiger partial charge < -0.3 is 25.3 Å². The molecule has 3 rings (SSSR count). The molecule has 3 N–H and O–H groups in total. The van der Waals surface area contributed by atoms with Crippen molar-refractivity contribution < 1.29 is 23.8 Å². The number of benzene rings is 1. The number of amides is 1. The lowest BCUT2D eigenvalue weighted by Gasteiger charge is -2.24.